The Morgan fingerprint density at radius 3 is 2.48 bits per heavy atom. The fourth-order valence-corrected chi connectivity index (χ4v) is 2.43. The summed E-state index contributed by atoms with van der Waals surface area (Å²) in [6.45, 7) is 1.83. The number of ether oxygens (including phenoxy) is 1. The van der Waals surface area contributed by atoms with Crippen LogP contribution in [0.5, 0.6) is 5.75 Å². The third-order valence-electron chi connectivity index (χ3n) is 3.99. The average Bonchev–Trinajstić information content (AvgIpc) is 2.75. The van der Waals surface area contributed by atoms with E-state index in [-0.39, 0.29) is 18.4 Å². The van der Waals surface area contributed by atoms with Crippen LogP contribution in [0.1, 0.15) is 21.5 Å². The summed E-state index contributed by atoms with van der Waals surface area (Å²) in [5.41, 5.74) is 5.45. The van der Waals surface area contributed by atoms with Crippen molar-refractivity contribution in [2.75, 3.05) is 11.9 Å². The monoisotopic (exact) mass is 388 g/mol. The molecule has 29 heavy (non-hydrogen) atoms. The molecule has 3 aromatic rings. The van der Waals surface area contributed by atoms with Crippen molar-refractivity contribution in [3.8, 4) is 5.75 Å². The fourth-order valence-electron chi connectivity index (χ4n) is 2.43. The van der Waals surface area contributed by atoms with Crippen LogP contribution < -0.4 is 15.5 Å². The smallest absolute Gasteiger partial charge is 0.271 e. The Balaban J connectivity index is 1.46. The maximum atomic E-state index is 12.0. The van der Waals surface area contributed by atoms with Gasteiger partial charge in [-0.05, 0) is 60.5 Å². The molecule has 0 radical (unpaired) electrons. The summed E-state index contributed by atoms with van der Waals surface area (Å²) >= 11 is 0. The number of aryl methyl sites for hydroxylation is 1. The highest BCUT2D eigenvalue weighted by atomic mass is 16.5. The van der Waals surface area contributed by atoms with Crippen LogP contribution in [0.25, 0.3) is 0 Å². The summed E-state index contributed by atoms with van der Waals surface area (Å²) in [5, 5.41) is 6.74. The van der Waals surface area contributed by atoms with Gasteiger partial charge in [0.1, 0.15) is 5.75 Å². The van der Waals surface area contributed by atoms with E-state index in [9.17, 15) is 9.59 Å². The van der Waals surface area contributed by atoms with Gasteiger partial charge in [0.15, 0.2) is 6.61 Å². The lowest BCUT2D eigenvalue weighted by Crippen LogP contribution is -2.20. The van der Waals surface area contributed by atoms with Gasteiger partial charge in [-0.25, -0.2) is 5.43 Å². The van der Waals surface area contributed by atoms with Gasteiger partial charge in [0.05, 0.1) is 6.21 Å². The van der Waals surface area contributed by atoms with Crippen molar-refractivity contribution in [3.63, 3.8) is 0 Å². The first-order valence-electron chi connectivity index (χ1n) is 8.93. The molecular weight excluding hydrogens is 368 g/mol. The van der Waals surface area contributed by atoms with Gasteiger partial charge in [0, 0.05) is 23.6 Å². The van der Waals surface area contributed by atoms with Gasteiger partial charge >= 0.3 is 0 Å². The Bertz CT molecular complexity index is 1000. The molecule has 0 fully saturated rings. The first-order valence-corrected chi connectivity index (χ1v) is 8.93. The number of aromatic nitrogens is 1. The number of para-hydroxylation sites is 1. The number of amides is 2. The molecule has 2 aromatic carbocycles. The number of hydrazone groups is 1. The van der Waals surface area contributed by atoms with Crippen LogP contribution >= 0.6 is 0 Å². The van der Waals surface area contributed by atoms with Gasteiger partial charge in [-0.2, -0.15) is 5.10 Å². The van der Waals surface area contributed by atoms with Crippen LogP contribution in [-0.4, -0.2) is 29.6 Å². The van der Waals surface area contributed by atoms with Crippen LogP contribution in [0.4, 0.5) is 5.69 Å². The molecule has 2 N–H and O–H groups in total. The SMILES string of the molecule is Cc1ccccc1NC(=O)COc1ccc(/C=N\NC(=O)c2ccncc2)cc1. The Kier molecular flexibility index (Phi) is 6.67. The molecule has 0 unspecified atom stereocenters. The van der Waals surface area contributed by atoms with Crippen LogP contribution in [0.3, 0.4) is 0 Å². The molecule has 0 saturated carbocycles. The van der Waals surface area contributed by atoms with Crippen molar-refractivity contribution < 1.29 is 14.3 Å². The molecule has 0 aliphatic carbocycles. The number of hydrogen-bond donors (Lipinski definition) is 2. The Hall–Kier alpha value is -4.00. The van der Waals surface area contributed by atoms with Gasteiger partial charge < -0.3 is 10.1 Å². The number of hydrogen-bond acceptors (Lipinski definition) is 5. The van der Waals surface area contributed by atoms with E-state index in [4.69, 9.17) is 4.74 Å². The van der Waals surface area contributed by atoms with E-state index in [0.717, 1.165) is 16.8 Å². The Morgan fingerprint density at radius 1 is 1.03 bits per heavy atom. The van der Waals surface area contributed by atoms with E-state index in [2.05, 4.69) is 20.8 Å². The summed E-state index contributed by atoms with van der Waals surface area (Å²) < 4.78 is 5.50. The lowest BCUT2D eigenvalue weighted by Gasteiger charge is -2.09. The summed E-state index contributed by atoms with van der Waals surface area (Å²) in [7, 11) is 0. The zero-order chi connectivity index (χ0) is 20.5. The molecule has 3 rings (SSSR count). The maximum Gasteiger partial charge on any atom is 0.271 e. The number of anilines is 1. The predicted octanol–water partition coefficient (Wildman–Crippen LogP) is 3.17. The van der Waals surface area contributed by atoms with Crippen molar-refractivity contribution in [2.24, 2.45) is 5.10 Å². The minimum atomic E-state index is -0.316. The third-order valence-corrected chi connectivity index (χ3v) is 3.99. The van der Waals surface area contributed by atoms with Crippen LogP contribution in [0.2, 0.25) is 0 Å². The second kappa shape index (κ2) is 9.80. The number of nitrogens with zero attached hydrogens (tertiary/aromatic N) is 2. The Labute approximate surface area is 168 Å². The normalized spacial score (nSPS) is 10.5. The minimum Gasteiger partial charge on any atom is -0.484 e. The average molecular weight is 388 g/mol. The largest absolute Gasteiger partial charge is 0.484 e. The molecule has 0 spiro atoms. The number of pyridine rings is 1. The van der Waals surface area contributed by atoms with Gasteiger partial charge in [0.2, 0.25) is 0 Å². The van der Waals surface area contributed by atoms with Gasteiger partial charge in [0.25, 0.3) is 11.8 Å². The van der Waals surface area contributed by atoms with E-state index in [1.54, 1.807) is 48.8 Å². The second-order valence-electron chi connectivity index (χ2n) is 6.16. The Morgan fingerprint density at radius 2 is 1.76 bits per heavy atom. The molecule has 1 aromatic heterocycles. The first-order chi connectivity index (χ1) is 14.1. The van der Waals surface area contributed by atoms with E-state index in [0.29, 0.717) is 11.3 Å². The highest BCUT2D eigenvalue weighted by Crippen LogP contribution is 2.14. The molecule has 2 amide bonds. The summed E-state index contributed by atoms with van der Waals surface area (Å²) in [4.78, 5) is 27.8. The molecule has 7 heteroatoms. The number of benzene rings is 2. The highest BCUT2D eigenvalue weighted by molar-refractivity contribution is 5.94. The first kappa shape index (κ1) is 19.8. The van der Waals surface area contributed by atoms with E-state index >= 15 is 0 Å². The highest BCUT2D eigenvalue weighted by Gasteiger charge is 2.05. The van der Waals surface area contributed by atoms with Crippen molar-refractivity contribution in [1.82, 2.24) is 10.4 Å². The van der Waals surface area contributed by atoms with E-state index in [1.165, 1.54) is 6.21 Å². The lowest BCUT2D eigenvalue weighted by atomic mass is 10.2. The quantitative estimate of drug-likeness (QED) is 0.480. The maximum absolute atomic E-state index is 12.0. The molecule has 146 valence electrons. The molecular formula is C22H20N4O3. The molecule has 0 aliphatic rings. The zero-order valence-electron chi connectivity index (χ0n) is 15.8. The van der Waals surface area contributed by atoms with Gasteiger partial charge in [-0.1, -0.05) is 18.2 Å². The molecule has 0 saturated heterocycles. The van der Waals surface area contributed by atoms with Crippen molar-refractivity contribution in [2.45, 2.75) is 6.92 Å². The molecule has 1 heterocycles. The lowest BCUT2D eigenvalue weighted by molar-refractivity contribution is -0.118. The van der Waals surface area contributed by atoms with Crippen molar-refractivity contribution in [3.05, 3.63) is 89.7 Å². The van der Waals surface area contributed by atoms with Crippen LogP contribution in [0.15, 0.2) is 78.2 Å². The summed E-state index contributed by atoms with van der Waals surface area (Å²) in [6, 6.07) is 17.8. The molecule has 7 nitrogen and oxygen atoms in total. The topological polar surface area (TPSA) is 92.7 Å². The summed E-state index contributed by atoms with van der Waals surface area (Å²) in [6.07, 6.45) is 4.60. The van der Waals surface area contributed by atoms with Crippen molar-refractivity contribution in [1.29, 1.82) is 0 Å². The second-order valence-corrected chi connectivity index (χ2v) is 6.16. The number of rotatable bonds is 7. The number of nitrogens with one attached hydrogen (secondary N) is 2. The van der Waals surface area contributed by atoms with Gasteiger partial charge in [-0.3, -0.25) is 14.6 Å². The molecule has 0 bridgehead atoms. The van der Waals surface area contributed by atoms with E-state index in [1.807, 2.05) is 31.2 Å². The minimum absolute atomic E-state index is 0.0935. The van der Waals surface area contributed by atoms with E-state index < -0.39 is 0 Å². The van der Waals surface area contributed by atoms with Gasteiger partial charge in [-0.15, -0.1) is 0 Å². The number of carbonyl (C=O) groups is 2. The third kappa shape index (κ3) is 6.00. The predicted molar refractivity (Wildman–Crippen MR) is 111 cm³/mol. The van der Waals surface area contributed by atoms with Crippen molar-refractivity contribution >= 4 is 23.7 Å². The molecule has 0 atom stereocenters. The standard InChI is InChI=1S/C22H20N4O3/c1-16-4-2-3-5-20(16)25-21(27)15-29-19-8-6-17(7-9-19)14-24-26-22(28)18-10-12-23-13-11-18/h2-14H,15H2,1H3,(H,25,27)(H,26,28)/b24-14-. The zero-order valence-corrected chi connectivity index (χ0v) is 15.8. The molecule has 0 aliphatic heterocycles. The van der Waals surface area contributed by atoms with Crippen LogP contribution in [-0.2, 0) is 4.79 Å². The number of carbonyl (C=O) groups excluding carboxylic acids is 2. The fraction of sp³-hybridized carbons (Fsp3) is 0.0909. The van der Waals surface area contributed by atoms with Crippen LogP contribution in [0, 0.1) is 6.92 Å². The summed E-state index contributed by atoms with van der Waals surface area (Å²) in [5.74, 6) is 0.00920.